The summed E-state index contributed by atoms with van der Waals surface area (Å²) in [7, 11) is 0. The van der Waals surface area contributed by atoms with Crippen LogP contribution in [0.4, 0.5) is 0 Å². The Labute approximate surface area is 742 Å². The summed E-state index contributed by atoms with van der Waals surface area (Å²) >= 11 is 0. The van der Waals surface area contributed by atoms with Crippen LogP contribution in [0.25, 0.3) is 0 Å². The minimum absolute atomic E-state index is 0.000182. The van der Waals surface area contributed by atoms with Crippen LogP contribution in [0.3, 0.4) is 0 Å². The second-order valence-corrected chi connectivity index (χ2v) is 31.1. The highest BCUT2D eigenvalue weighted by Gasteiger charge is 2.54. The Kier molecular flexibility index (Phi) is 45.7. The van der Waals surface area contributed by atoms with Crippen molar-refractivity contribution in [3.8, 4) is 23.0 Å². The molecule has 3 aromatic rings. The number of hydrogen-bond acceptors (Lipinski definition) is 27. The number of hydrogen-bond donors (Lipinski definition) is 33. The largest absolute Gasteiger partial charge is 0.508 e. The van der Waals surface area contributed by atoms with E-state index in [0.29, 0.717) is 62.6 Å². The Bertz CT molecular complexity index is 4240. The molecule has 0 unspecified atom stereocenters. The van der Waals surface area contributed by atoms with Crippen LogP contribution in [-0.2, 0) is 58.3 Å². The summed E-state index contributed by atoms with van der Waals surface area (Å²) in [4.78, 5) is 175. The van der Waals surface area contributed by atoms with Crippen LogP contribution in [0.2, 0.25) is 0 Å². The number of carbonyl (C=O) groups is 12. The number of phenolic OH excluding ortho intramolecular Hbond substituents is 2. The second kappa shape index (κ2) is 55.5. The molecular formula is C81H133N31O16. The van der Waals surface area contributed by atoms with Crippen LogP contribution in [-0.4, -0.2) is 237 Å². The Hall–Kier alpha value is -13.0. The third-order valence-electron chi connectivity index (χ3n) is 21.0. The van der Waals surface area contributed by atoms with Gasteiger partial charge in [0.25, 0.3) is 5.91 Å². The molecule has 3 aromatic carbocycles. The molecule has 5 rings (SSSR count). The maximum absolute atomic E-state index is 15.0. The van der Waals surface area contributed by atoms with Crippen molar-refractivity contribution in [1.29, 1.82) is 27.0 Å². The zero-order valence-corrected chi connectivity index (χ0v) is 72.2. The zero-order valence-electron chi connectivity index (χ0n) is 72.2. The fraction of sp³-hybridized carbons (Fsp3) is 0.568. The number of imide groups is 1. The summed E-state index contributed by atoms with van der Waals surface area (Å²) in [5, 5.41) is 99.3. The molecule has 0 aromatic heterocycles. The summed E-state index contributed by atoms with van der Waals surface area (Å²) in [6, 6.07) is -1.89. The molecule has 708 valence electrons. The average molecular weight is 1800 g/mol. The molecule has 128 heavy (non-hydrogen) atoms. The Morgan fingerprint density at radius 2 is 0.578 bits per heavy atom. The number of carbonyl (C=O) groups excluding carboxylic acids is 12. The first kappa shape index (κ1) is 106. The number of nitrogens with one attached hydrogen (secondary N) is 20. The van der Waals surface area contributed by atoms with E-state index in [1.807, 2.05) is 0 Å². The third kappa shape index (κ3) is 35.1. The first-order valence-corrected chi connectivity index (χ1v) is 43.1. The molecule has 2 aliphatic rings. The van der Waals surface area contributed by atoms with Gasteiger partial charge in [0.2, 0.25) is 59.1 Å². The van der Waals surface area contributed by atoms with Gasteiger partial charge < -0.3 is 157 Å². The van der Waals surface area contributed by atoms with E-state index in [0.717, 1.165) is 0 Å². The van der Waals surface area contributed by atoms with E-state index in [4.69, 9.17) is 99.6 Å². The van der Waals surface area contributed by atoms with Crippen molar-refractivity contribution < 1.29 is 77.2 Å². The van der Waals surface area contributed by atoms with Gasteiger partial charge in [0.1, 0.15) is 77.4 Å². The lowest BCUT2D eigenvalue weighted by molar-refractivity contribution is -0.136. The molecule has 1 spiro atoms. The normalized spacial score (nSPS) is 14.3. The van der Waals surface area contributed by atoms with Crippen LogP contribution < -0.4 is 148 Å². The number of phenols is 2. The minimum Gasteiger partial charge on any atom is -0.508 e. The number of fused-ring (bicyclic) bond motifs is 6. The summed E-state index contributed by atoms with van der Waals surface area (Å²) < 4.78 is 12.2. The third-order valence-corrected chi connectivity index (χ3v) is 21.0. The van der Waals surface area contributed by atoms with Crippen molar-refractivity contribution in [2.24, 2.45) is 63.1 Å². The van der Waals surface area contributed by atoms with Gasteiger partial charge in [-0.1, -0.05) is 12.5 Å². The summed E-state index contributed by atoms with van der Waals surface area (Å²) in [6.45, 7) is 1.18. The lowest BCUT2D eigenvalue weighted by Crippen LogP contribution is -2.60. The molecule has 2 aliphatic heterocycles. The van der Waals surface area contributed by atoms with E-state index in [1.54, 1.807) is 0 Å². The number of ether oxygens (including phenoxy) is 2. The highest BCUT2D eigenvalue weighted by Crippen LogP contribution is 2.57. The molecule has 0 aliphatic carbocycles. The molecule has 11 amide bonds. The summed E-state index contributed by atoms with van der Waals surface area (Å²) in [5.74, 6) is -13.0. The van der Waals surface area contributed by atoms with Crippen LogP contribution >= 0.6 is 0 Å². The predicted octanol–water partition coefficient (Wildman–Crippen LogP) is -5.43. The van der Waals surface area contributed by atoms with E-state index in [2.05, 4.69) is 79.8 Å². The second-order valence-electron chi connectivity index (χ2n) is 31.1. The van der Waals surface area contributed by atoms with Gasteiger partial charge in [-0.05, 0) is 223 Å². The monoisotopic (exact) mass is 1800 g/mol. The standard InChI is InChI=1S/C81H133N31O16/c82-32-6-1-16-52(87)65(116)103-57(21-11-37-98-76(88)89)70(121)104-53(17-2-7-33-83)66(117)108-58(22-12-38-99-77(90)91)71(122)105-54(18-3-8-34-84)67(118)109-59(23-13-39-100-78(92)93)72(123)106-55(19-4-9-35-85)68(119)110-60(24-14-40-101-79(94)95)73(124)107-56(20-5-10-36-86)69(120)111-61(25-15-41-102-80(96)97)74(125)112-64(115)45-26-29-49-48(42-45)75(126)128-81(49)50-30-27-46(113)43-62(50)127-63-44-47(114)28-31-51(63)81/h26-31,42-44,52-61,113-114H,1-25,32-41,82-87H2,(H,103,116)(H,104,121)(H,105,122)(H,106,123)(H,107,124)(H,108,117)(H,109,118)(H,110,119)(H,111,120)(H4,88,89,98)(H4,90,91,99)(H4,92,93,100)(H4,94,95,101)(H4,96,97,102)(H,112,115,125)/t52-,53-,54-,55-,56-,57-,58-,59-,60-,61-/m0/s1. The highest BCUT2D eigenvalue weighted by atomic mass is 16.6. The van der Waals surface area contributed by atoms with Gasteiger partial charge in [-0.2, -0.15) is 0 Å². The van der Waals surface area contributed by atoms with Crippen molar-refractivity contribution in [3.63, 3.8) is 0 Å². The van der Waals surface area contributed by atoms with Crippen molar-refractivity contribution >= 4 is 101 Å². The lowest BCUT2D eigenvalue weighted by Gasteiger charge is -2.36. The summed E-state index contributed by atoms with van der Waals surface area (Å²) in [5.41, 5.74) is 62.2. The van der Waals surface area contributed by atoms with Gasteiger partial charge in [0.05, 0.1) is 11.6 Å². The van der Waals surface area contributed by atoms with Gasteiger partial charge >= 0.3 is 5.97 Å². The van der Waals surface area contributed by atoms with Crippen LogP contribution in [0.1, 0.15) is 198 Å². The number of aromatic hydroxyl groups is 2. The number of esters is 1. The van der Waals surface area contributed by atoms with Crippen molar-refractivity contribution in [1.82, 2.24) is 79.8 Å². The van der Waals surface area contributed by atoms with Crippen molar-refractivity contribution in [3.05, 3.63) is 82.4 Å². The SMILES string of the molecule is N=C(N)NCCC[C@H](NC(=O)[C@H](CCCCN)NC(=O)[C@H](CCCNC(=N)N)NC(=O)[C@H](CCCCN)NC(=O)[C@H](CCCNC(=N)N)NC(=O)[C@H](CCCCN)NC(=O)[C@H](CCCNC(=N)N)NC(=O)[C@H](CCCCN)NC(=O)[C@H](CCCNC(=N)N)NC(=O)[C@@H](N)CCCCN)C(=O)NC(=O)c1ccc2c(c1)C(=O)OC21c2ccc(O)cc2Oc2cc(O)ccc21. The van der Waals surface area contributed by atoms with Crippen molar-refractivity contribution in [2.75, 3.05) is 65.4 Å². The van der Waals surface area contributed by atoms with E-state index >= 15 is 9.59 Å². The molecule has 10 atom stereocenters. The summed E-state index contributed by atoms with van der Waals surface area (Å²) in [6.07, 6.45) is 3.06. The molecular weight excluding hydrogens is 1660 g/mol. The smallest absolute Gasteiger partial charge is 0.340 e. The quantitative estimate of drug-likeness (QED) is 0.0109. The van der Waals surface area contributed by atoms with Crippen LogP contribution in [0.15, 0.2) is 54.6 Å². The van der Waals surface area contributed by atoms with Crippen LogP contribution in [0, 0.1) is 27.0 Å². The average Bonchev–Trinajstić information content (AvgIpc) is 1.51. The predicted molar refractivity (Wildman–Crippen MR) is 476 cm³/mol. The topological polar surface area (TPSA) is 850 Å². The fourth-order valence-corrected chi connectivity index (χ4v) is 14.3. The van der Waals surface area contributed by atoms with E-state index in [1.165, 1.54) is 54.6 Å². The molecule has 2 heterocycles. The van der Waals surface area contributed by atoms with Gasteiger partial charge in [-0.15, -0.1) is 0 Å². The van der Waals surface area contributed by atoms with E-state index in [-0.39, 0.29) is 220 Å². The Morgan fingerprint density at radius 1 is 0.328 bits per heavy atom. The van der Waals surface area contributed by atoms with Crippen LogP contribution in [0.5, 0.6) is 23.0 Å². The highest BCUT2D eigenvalue weighted by molar-refractivity contribution is 6.09. The zero-order chi connectivity index (χ0) is 94.4. The van der Waals surface area contributed by atoms with Gasteiger partial charge in [-0.3, -0.25) is 85.1 Å². The number of guanidine groups is 5. The molecule has 0 saturated carbocycles. The first-order valence-electron chi connectivity index (χ1n) is 43.1. The Morgan fingerprint density at radius 3 is 0.852 bits per heavy atom. The number of amides is 11. The molecule has 47 heteroatoms. The molecule has 0 fully saturated rings. The molecule has 44 N–H and O–H groups in total. The van der Waals surface area contributed by atoms with Crippen molar-refractivity contribution in [2.45, 2.75) is 227 Å². The number of benzene rings is 3. The van der Waals surface area contributed by atoms with E-state index in [9.17, 15) is 58.2 Å². The minimum atomic E-state index is -1.70. The Balaban J connectivity index is 1.44. The molecule has 0 radical (unpaired) electrons. The van der Waals surface area contributed by atoms with Gasteiger partial charge in [0, 0.05) is 67.1 Å². The van der Waals surface area contributed by atoms with Gasteiger partial charge in [-0.25, -0.2) is 4.79 Å². The number of unbranched alkanes of at least 4 members (excludes halogenated alkanes) is 5. The molecule has 0 saturated heterocycles. The maximum Gasteiger partial charge on any atom is 0.340 e. The molecule has 0 bridgehead atoms. The van der Waals surface area contributed by atoms with Gasteiger partial charge in [0.15, 0.2) is 35.4 Å². The first-order chi connectivity index (χ1) is 61.1. The van der Waals surface area contributed by atoms with E-state index < -0.39 is 161 Å². The fourth-order valence-electron chi connectivity index (χ4n) is 14.3. The number of rotatable bonds is 60. The number of nitrogens with two attached hydrogens (primary N) is 11. The molecule has 47 nitrogen and oxygen atoms in total. The lowest BCUT2D eigenvalue weighted by atomic mass is 9.77. The maximum atomic E-state index is 15.0.